The van der Waals surface area contributed by atoms with E-state index in [-0.39, 0.29) is 11.8 Å². The molecule has 0 aliphatic carbocycles. The van der Waals surface area contributed by atoms with E-state index in [2.05, 4.69) is 20.4 Å². The first-order valence-corrected chi connectivity index (χ1v) is 8.92. The topological polar surface area (TPSA) is 80.9 Å². The fourth-order valence-electron chi connectivity index (χ4n) is 2.74. The Kier molecular flexibility index (Phi) is 5.30. The number of amides is 1. The molecule has 0 fully saturated rings. The number of aryl methyl sites for hydroxylation is 3. The van der Waals surface area contributed by atoms with Gasteiger partial charge in [0.05, 0.1) is 16.8 Å². The van der Waals surface area contributed by atoms with E-state index >= 15 is 0 Å². The van der Waals surface area contributed by atoms with Crippen LogP contribution in [-0.2, 0) is 6.42 Å². The second-order valence-electron chi connectivity index (χ2n) is 6.88. The highest BCUT2D eigenvalue weighted by molar-refractivity contribution is 5.98. The fourth-order valence-corrected chi connectivity index (χ4v) is 2.74. The number of rotatable bonds is 6. The number of carbonyl (C=O) groups is 1. The monoisotopic (exact) mass is 352 g/mol. The van der Waals surface area contributed by atoms with Gasteiger partial charge in [0.15, 0.2) is 5.82 Å². The number of nitrogens with one attached hydrogen (secondary N) is 1. The number of hydrogen-bond donors (Lipinski definition) is 1. The summed E-state index contributed by atoms with van der Waals surface area (Å²) in [4.78, 5) is 21.4. The van der Waals surface area contributed by atoms with Gasteiger partial charge in [0.1, 0.15) is 0 Å². The maximum absolute atomic E-state index is 12.5. The Hall–Kier alpha value is -2.76. The smallest absolute Gasteiger partial charge is 0.253 e. The van der Waals surface area contributed by atoms with Crippen LogP contribution in [0.2, 0.25) is 0 Å². The molecule has 0 aliphatic rings. The zero-order valence-corrected chi connectivity index (χ0v) is 15.7. The highest BCUT2D eigenvalue weighted by atomic mass is 16.5. The molecule has 2 heterocycles. The van der Waals surface area contributed by atoms with Crippen molar-refractivity contribution in [2.24, 2.45) is 0 Å². The number of fused-ring (bicyclic) bond motifs is 1. The highest BCUT2D eigenvalue weighted by Crippen LogP contribution is 2.18. The molecule has 2 aromatic heterocycles. The van der Waals surface area contributed by atoms with Crippen molar-refractivity contribution in [2.45, 2.75) is 46.5 Å². The second kappa shape index (κ2) is 7.64. The normalized spacial score (nSPS) is 11.3. The first-order chi connectivity index (χ1) is 12.4. The molecule has 136 valence electrons. The van der Waals surface area contributed by atoms with E-state index < -0.39 is 0 Å². The van der Waals surface area contributed by atoms with Crippen LogP contribution in [0.3, 0.4) is 0 Å². The molecule has 6 nitrogen and oxygen atoms in total. The molecule has 0 unspecified atom stereocenters. The van der Waals surface area contributed by atoms with Crippen molar-refractivity contribution in [3.8, 4) is 0 Å². The summed E-state index contributed by atoms with van der Waals surface area (Å²) >= 11 is 0. The summed E-state index contributed by atoms with van der Waals surface area (Å²) in [5.74, 6) is 1.48. The molecule has 3 rings (SSSR count). The Morgan fingerprint density at radius 2 is 2.00 bits per heavy atom. The maximum Gasteiger partial charge on any atom is 0.253 e. The van der Waals surface area contributed by atoms with Crippen LogP contribution in [0.5, 0.6) is 0 Å². The summed E-state index contributed by atoms with van der Waals surface area (Å²) in [6.07, 6.45) is 1.39. The SMILES string of the molecule is Cc1ccc2cc(C(=O)NCCCc3nc(C(C)C)no3)c(C)nc2c1. The third-order valence-electron chi connectivity index (χ3n) is 4.26. The van der Waals surface area contributed by atoms with Gasteiger partial charge in [-0.25, -0.2) is 0 Å². The van der Waals surface area contributed by atoms with Gasteiger partial charge >= 0.3 is 0 Å². The minimum absolute atomic E-state index is 0.106. The van der Waals surface area contributed by atoms with Crippen molar-refractivity contribution in [3.63, 3.8) is 0 Å². The third-order valence-corrected chi connectivity index (χ3v) is 4.26. The van der Waals surface area contributed by atoms with Gasteiger partial charge in [-0.1, -0.05) is 31.1 Å². The lowest BCUT2D eigenvalue weighted by Crippen LogP contribution is -2.25. The molecule has 1 aromatic carbocycles. The molecule has 0 bridgehead atoms. The van der Waals surface area contributed by atoms with E-state index in [1.54, 1.807) is 0 Å². The lowest BCUT2D eigenvalue weighted by molar-refractivity contribution is 0.0952. The molecule has 0 saturated carbocycles. The van der Waals surface area contributed by atoms with E-state index in [0.717, 1.165) is 34.4 Å². The molecular weight excluding hydrogens is 328 g/mol. The predicted molar refractivity (Wildman–Crippen MR) is 100 cm³/mol. The Labute approximate surface area is 153 Å². The van der Waals surface area contributed by atoms with Crippen LogP contribution in [0.4, 0.5) is 0 Å². The van der Waals surface area contributed by atoms with E-state index in [9.17, 15) is 4.79 Å². The molecule has 0 atom stereocenters. The van der Waals surface area contributed by atoms with Crippen molar-refractivity contribution in [1.82, 2.24) is 20.4 Å². The number of pyridine rings is 1. The summed E-state index contributed by atoms with van der Waals surface area (Å²) in [7, 11) is 0. The van der Waals surface area contributed by atoms with Crippen LogP contribution < -0.4 is 5.32 Å². The Morgan fingerprint density at radius 3 is 2.73 bits per heavy atom. The summed E-state index contributed by atoms with van der Waals surface area (Å²) < 4.78 is 5.21. The van der Waals surface area contributed by atoms with Crippen molar-refractivity contribution >= 4 is 16.8 Å². The first-order valence-electron chi connectivity index (χ1n) is 8.92. The lowest BCUT2D eigenvalue weighted by Gasteiger charge is -2.09. The van der Waals surface area contributed by atoms with Crippen LogP contribution in [0.1, 0.15) is 59.5 Å². The number of aromatic nitrogens is 3. The summed E-state index contributed by atoms with van der Waals surface area (Å²) in [5, 5.41) is 7.86. The van der Waals surface area contributed by atoms with Crippen LogP contribution in [0.15, 0.2) is 28.8 Å². The Morgan fingerprint density at radius 1 is 1.19 bits per heavy atom. The fraction of sp³-hybridized carbons (Fsp3) is 0.400. The molecule has 26 heavy (non-hydrogen) atoms. The summed E-state index contributed by atoms with van der Waals surface area (Å²) in [6.45, 7) is 8.49. The van der Waals surface area contributed by atoms with Gasteiger partial charge < -0.3 is 9.84 Å². The van der Waals surface area contributed by atoms with Crippen LogP contribution in [0.25, 0.3) is 10.9 Å². The second-order valence-corrected chi connectivity index (χ2v) is 6.88. The average molecular weight is 352 g/mol. The number of benzene rings is 1. The molecule has 3 aromatic rings. The van der Waals surface area contributed by atoms with Crippen LogP contribution >= 0.6 is 0 Å². The predicted octanol–water partition coefficient (Wildman–Crippen LogP) is 3.72. The van der Waals surface area contributed by atoms with E-state index in [1.165, 1.54) is 0 Å². The molecule has 0 spiro atoms. The summed E-state index contributed by atoms with van der Waals surface area (Å²) in [5.41, 5.74) is 3.42. The minimum Gasteiger partial charge on any atom is -0.352 e. The summed E-state index contributed by atoms with van der Waals surface area (Å²) in [6, 6.07) is 7.95. The Bertz CT molecular complexity index is 931. The standard InChI is InChI=1S/C20H24N4O2/c1-12(2)19-23-18(26-24-19)6-5-9-21-20(25)16-11-15-8-7-13(3)10-17(15)22-14(16)4/h7-8,10-12H,5-6,9H2,1-4H3,(H,21,25). The van der Waals surface area contributed by atoms with Gasteiger partial charge in [-0.05, 0) is 38.0 Å². The van der Waals surface area contributed by atoms with Gasteiger partial charge in [0.2, 0.25) is 5.89 Å². The van der Waals surface area contributed by atoms with Gasteiger partial charge in [0, 0.05) is 24.3 Å². The van der Waals surface area contributed by atoms with Crippen molar-refractivity contribution in [3.05, 3.63) is 52.8 Å². The highest BCUT2D eigenvalue weighted by Gasteiger charge is 2.12. The zero-order valence-electron chi connectivity index (χ0n) is 15.7. The number of carbonyl (C=O) groups excluding carboxylic acids is 1. The van der Waals surface area contributed by atoms with E-state index in [0.29, 0.717) is 24.4 Å². The largest absolute Gasteiger partial charge is 0.352 e. The van der Waals surface area contributed by atoms with Gasteiger partial charge in [-0.3, -0.25) is 9.78 Å². The molecular formula is C20H24N4O2. The van der Waals surface area contributed by atoms with Gasteiger partial charge in [-0.15, -0.1) is 0 Å². The molecule has 6 heteroatoms. The quantitative estimate of drug-likeness (QED) is 0.684. The first kappa shape index (κ1) is 18.0. The van der Waals surface area contributed by atoms with Crippen LogP contribution in [0, 0.1) is 13.8 Å². The third kappa shape index (κ3) is 4.07. The van der Waals surface area contributed by atoms with Gasteiger partial charge in [-0.2, -0.15) is 4.98 Å². The van der Waals surface area contributed by atoms with Gasteiger partial charge in [0.25, 0.3) is 5.91 Å². The Balaban J connectivity index is 1.58. The average Bonchev–Trinajstić information content (AvgIpc) is 3.07. The van der Waals surface area contributed by atoms with E-state index in [1.807, 2.05) is 52.0 Å². The minimum atomic E-state index is -0.106. The lowest BCUT2D eigenvalue weighted by atomic mass is 10.1. The zero-order chi connectivity index (χ0) is 18.7. The van der Waals surface area contributed by atoms with Crippen molar-refractivity contribution < 1.29 is 9.32 Å². The number of hydrogen-bond acceptors (Lipinski definition) is 5. The molecule has 1 N–H and O–H groups in total. The molecule has 0 radical (unpaired) electrons. The van der Waals surface area contributed by atoms with Crippen molar-refractivity contribution in [2.75, 3.05) is 6.54 Å². The maximum atomic E-state index is 12.5. The molecule has 0 aliphatic heterocycles. The molecule has 1 amide bonds. The van der Waals surface area contributed by atoms with Crippen LogP contribution in [-0.4, -0.2) is 27.6 Å². The van der Waals surface area contributed by atoms with Crippen molar-refractivity contribution in [1.29, 1.82) is 0 Å². The van der Waals surface area contributed by atoms with E-state index in [4.69, 9.17) is 4.52 Å². The number of nitrogens with zero attached hydrogens (tertiary/aromatic N) is 3. The molecule has 0 saturated heterocycles.